The van der Waals surface area contributed by atoms with E-state index in [1.54, 1.807) is 4.68 Å². The van der Waals surface area contributed by atoms with E-state index in [0.29, 0.717) is 28.9 Å². The number of rotatable bonds is 3. The predicted octanol–water partition coefficient (Wildman–Crippen LogP) is 2.92. The van der Waals surface area contributed by atoms with Crippen molar-refractivity contribution in [3.63, 3.8) is 0 Å². The molecule has 0 bridgehead atoms. The van der Waals surface area contributed by atoms with E-state index >= 15 is 0 Å². The summed E-state index contributed by atoms with van der Waals surface area (Å²) in [6.45, 7) is 0.560. The number of benzene rings is 1. The summed E-state index contributed by atoms with van der Waals surface area (Å²) in [5.74, 6) is 0.878. The van der Waals surface area contributed by atoms with E-state index in [2.05, 4.69) is 11.2 Å². The molecule has 1 heterocycles. The first-order chi connectivity index (χ1) is 9.19. The summed E-state index contributed by atoms with van der Waals surface area (Å²) in [4.78, 5) is 0. The molecule has 0 radical (unpaired) electrons. The van der Waals surface area contributed by atoms with Gasteiger partial charge in [-0.3, -0.25) is 0 Å². The highest BCUT2D eigenvalue weighted by molar-refractivity contribution is 6.30. The maximum Gasteiger partial charge on any atom is 0.140 e. The van der Waals surface area contributed by atoms with Gasteiger partial charge in [-0.15, -0.1) is 0 Å². The number of nitrogen functional groups attached to an aromatic ring is 1. The van der Waals surface area contributed by atoms with Gasteiger partial charge in [0.05, 0.1) is 12.2 Å². The molecule has 3 rings (SSSR count). The second-order valence-corrected chi connectivity index (χ2v) is 5.25. The highest BCUT2D eigenvalue weighted by Gasteiger charge is 2.31. The van der Waals surface area contributed by atoms with Gasteiger partial charge in [-0.1, -0.05) is 23.7 Å². The lowest BCUT2D eigenvalue weighted by molar-refractivity contribution is 0.681. The van der Waals surface area contributed by atoms with E-state index in [1.165, 1.54) is 0 Å². The Labute approximate surface area is 116 Å². The minimum atomic E-state index is 0.420. The summed E-state index contributed by atoms with van der Waals surface area (Å²) in [5.41, 5.74) is 8.46. The van der Waals surface area contributed by atoms with Gasteiger partial charge in [-0.25, -0.2) is 4.68 Å². The van der Waals surface area contributed by atoms with Crippen molar-refractivity contribution >= 4 is 17.4 Å². The van der Waals surface area contributed by atoms with Gasteiger partial charge in [0.2, 0.25) is 0 Å². The number of anilines is 1. The first-order valence-electron chi connectivity index (χ1n) is 6.19. The molecule has 0 amide bonds. The zero-order valence-electron chi connectivity index (χ0n) is 10.3. The fourth-order valence-electron chi connectivity index (χ4n) is 2.13. The molecular weight excluding hydrogens is 260 g/mol. The van der Waals surface area contributed by atoms with Gasteiger partial charge in [0.1, 0.15) is 17.5 Å². The summed E-state index contributed by atoms with van der Waals surface area (Å²) >= 11 is 5.86. The standard InChI is InChI=1S/C14H13ClN4/c15-11-5-1-9(2-6-11)8-19-14(17)12(7-16)13(18-19)10-3-4-10/h1-2,5-6,10H,3-4,8,17H2. The highest BCUT2D eigenvalue weighted by atomic mass is 35.5. The van der Waals surface area contributed by atoms with Gasteiger partial charge in [-0.2, -0.15) is 10.4 Å². The van der Waals surface area contributed by atoms with Gasteiger partial charge in [0, 0.05) is 10.9 Å². The molecule has 19 heavy (non-hydrogen) atoms. The van der Waals surface area contributed by atoms with E-state index in [-0.39, 0.29) is 0 Å². The molecule has 0 atom stereocenters. The maximum absolute atomic E-state index is 9.19. The number of nitrogens with zero attached hydrogens (tertiary/aromatic N) is 3. The van der Waals surface area contributed by atoms with Crippen molar-refractivity contribution in [1.29, 1.82) is 5.26 Å². The van der Waals surface area contributed by atoms with Crippen molar-refractivity contribution in [2.24, 2.45) is 0 Å². The first-order valence-corrected chi connectivity index (χ1v) is 6.57. The Bertz CT molecular complexity index is 647. The monoisotopic (exact) mass is 272 g/mol. The average Bonchev–Trinajstić information content (AvgIpc) is 3.19. The number of hydrogen-bond acceptors (Lipinski definition) is 3. The number of nitriles is 1. The molecule has 1 aliphatic rings. The largest absolute Gasteiger partial charge is 0.383 e. The summed E-state index contributed by atoms with van der Waals surface area (Å²) < 4.78 is 1.70. The van der Waals surface area contributed by atoms with Gasteiger partial charge in [-0.05, 0) is 30.5 Å². The summed E-state index contributed by atoms with van der Waals surface area (Å²) in [6.07, 6.45) is 2.21. The lowest BCUT2D eigenvalue weighted by Crippen LogP contribution is -2.06. The molecule has 5 heteroatoms. The molecular formula is C14H13ClN4. The van der Waals surface area contributed by atoms with Crippen LogP contribution in [0.4, 0.5) is 5.82 Å². The molecule has 1 aromatic carbocycles. The second-order valence-electron chi connectivity index (χ2n) is 4.82. The highest BCUT2D eigenvalue weighted by Crippen LogP contribution is 2.42. The number of nitrogens with two attached hydrogens (primary N) is 1. The van der Waals surface area contributed by atoms with Gasteiger partial charge >= 0.3 is 0 Å². The van der Waals surface area contributed by atoms with Crippen LogP contribution >= 0.6 is 11.6 Å². The Morgan fingerprint density at radius 2 is 2.05 bits per heavy atom. The third kappa shape index (κ3) is 2.29. The molecule has 0 spiro atoms. The molecule has 4 nitrogen and oxygen atoms in total. The molecule has 1 saturated carbocycles. The zero-order chi connectivity index (χ0) is 13.4. The SMILES string of the molecule is N#Cc1c(C2CC2)nn(Cc2ccc(Cl)cc2)c1N. The zero-order valence-corrected chi connectivity index (χ0v) is 11.1. The summed E-state index contributed by atoms with van der Waals surface area (Å²) in [6, 6.07) is 9.72. The van der Waals surface area contributed by atoms with Gasteiger partial charge in [0.15, 0.2) is 0 Å². The Kier molecular flexibility index (Phi) is 2.92. The molecule has 2 N–H and O–H groups in total. The Morgan fingerprint density at radius 1 is 1.37 bits per heavy atom. The molecule has 0 aliphatic heterocycles. The third-order valence-electron chi connectivity index (χ3n) is 3.34. The van der Waals surface area contributed by atoms with Gasteiger partial charge < -0.3 is 5.73 Å². The van der Waals surface area contributed by atoms with Crippen molar-refractivity contribution in [2.45, 2.75) is 25.3 Å². The van der Waals surface area contributed by atoms with E-state index in [0.717, 1.165) is 24.1 Å². The van der Waals surface area contributed by atoms with E-state index < -0.39 is 0 Å². The van der Waals surface area contributed by atoms with E-state index in [9.17, 15) is 5.26 Å². The smallest absolute Gasteiger partial charge is 0.140 e. The Hall–Kier alpha value is -1.99. The second kappa shape index (κ2) is 4.60. The van der Waals surface area contributed by atoms with Crippen LogP contribution in [0.1, 0.15) is 35.6 Å². The third-order valence-corrected chi connectivity index (χ3v) is 3.59. The van der Waals surface area contributed by atoms with E-state index in [1.807, 2.05) is 24.3 Å². The van der Waals surface area contributed by atoms with E-state index in [4.69, 9.17) is 17.3 Å². The molecule has 96 valence electrons. The summed E-state index contributed by atoms with van der Waals surface area (Å²) in [7, 11) is 0. The Morgan fingerprint density at radius 3 is 2.63 bits per heavy atom. The van der Waals surface area contributed by atoms with Crippen LogP contribution in [0.5, 0.6) is 0 Å². The minimum absolute atomic E-state index is 0.420. The lowest BCUT2D eigenvalue weighted by atomic mass is 10.2. The molecule has 2 aromatic rings. The lowest BCUT2D eigenvalue weighted by Gasteiger charge is -2.04. The van der Waals surface area contributed by atoms with Crippen molar-refractivity contribution < 1.29 is 0 Å². The fourth-order valence-corrected chi connectivity index (χ4v) is 2.26. The minimum Gasteiger partial charge on any atom is -0.383 e. The van der Waals surface area contributed by atoms with Crippen molar-refractivity contribution in [3.05, 3.63) is 46.1 Å². The average molecular weight is 273 g/mol. The summed E-state index contributed by atoms with van der Waals surface area (Å²) in [5, 5.41) is 14.4. The molecule has 1 aliphatic carbocycles. The van der Waals surface area contributed by atoms with Crippen LogP contribution in [-0.2, 0) is 6.54 Å². The molecule has 0 unspecified atom stereocenters. The maximum atomic E-state index is 9.19. The quantitative estimate of drug-likeness (QED) is 0.934. The predicted molar refractivity (Wildman–Crippen MR) is 73.9 cm³/mol. The molecule has 1 aromatic heterocycles. The topological polar surface area (TPSA) is 67.6 Å². The molecule has 1 fully saturated rings. The van der Waals surface area contributed by atoms with Crippen molar-refractivity contribution in [2.75, 3.05) is 5.73 Å². The van der Waals surface area contributed by atoms with Crippen LogP contribution < -0.4 is 5.73 Å². The number of hydrogen-bond donors (Lipinski definition) is 1. The normalized spacial score (nSPS) is 14.3. The van der Waals surface area contributed by atoms with Crippen LogP contribution in [0, 0.1) is 11.3 Å². The van der Waals surface area contributed by atoms with Crippen LogP contribution in [0.15, 0.2) is 24.3 Å². The number of halogens is 1. The van der Waals surface area contributed by atoms with Gasteiger partial charge in [0.25, 0.3) is 0 Å². The first kappa shape index (κ1) is 12.1. The Balaban J connectivity index is 1.93. The van der Waals surface area contributed by atoms with Crippen LogP contribution in [0.3, 0.4) is 0 Å². The van der Waals surface area contributed by atoms with Crippen molar-refractivity contribution in [3.8, 4) is 6.07 Å². The van der Waals surface area contributed by atoms with Crippen molar-refractivity contribution in [1.82, 2.24) is 9.78 Å². The fraction of sp³-hybridized carbons (Fsp3) is 0.286. The molecule has 0 saturated heterocycles. The van der Waals surface area contributed by atoms with Crippen LogP contribution in [0.2, 0.25) is 5.02 Å². The van der Waals surface area contributed by atoms with Crippen LogP contribution in [-0.4, -0.2) is 9.78 Å². The number of aromatic nitrogens is 2. The van der Waals surface area contributed by atoms with Crippen LogP contribution in [0.25, 0.3) is 0 Å².